The molecule has 0 spiro atoms. The Morgan fingerprint density at radius 1 is 1.20 bits per heavy atom. The van der Waals surface area contributed by atoms with Crippen molar-refractivity contribution in [3.8, 4) is 23.0 Å². The van der Waals surface area contributed by atoms with Gasteiger partial charge in [0.1, 0.15) is 10.8 Å². The van der Waals surface area contributed by atoms with Gasteiger partial charge in [-0.1, -0.05) is 16.8 Å². The van der Waals surface area contributed by atoms with Crippen molar-refractivity contribution in [3.05, 3.63) is 53.0 Å². The summed E-state index contributed by atoms with van der Waals surface area (Å²) in [7, 11) is 3.97. The van der Waals surface area contributed by atoms with Crippen molar-refractivity contribution in [3.63, 3.8) is 0 Å². The maximum atomic E-state index is 12.7. The Bertz CT molecular complexity index is 1030. The number of benzene rings is 1. The zero-order valence-corrected chi connectivity index (χ0v) is 16.9. The summed E-state index contributed by atoms with van der Waals surface area (Å²) in [6.45, 7) is 0. The lowest BCUT2D eigenvalue weighted by Crippen LogP contribution is -2.22. The molecule has 0 N–H and O–H groups in total. The van der Waals surface area contributed by atoms with Crippen LogP contribution >= 0.6 is 11.6 Å². The number of nitrogens with zero attached hydrogens (tertiary/aromatic N) is 4. The number of alkyl halides is 3. The van der Waals surface area contributed by atoms with Crippen LogP contribution in [-0.2, 0) is 6.18 Å². The molecule has 2 heterocycles. The van der Waals surface area contributed by atoms with Gasteiger partial charge in [-0.25, -0.2) is 4.98 Å². The number of aromatic nitrogens is 3. The summed E-state index contributed by atoms with van der Waals surface area (Å²) in [5, 5.41) is 3.84. The van der Waals surface area contributed by atoms with E-state index in [-0.39, 0.29) is 16.9 Å². The standard InChI is InChI=1S/C20H18ClF3N4O2/c1-28(2)16(11-3-4-11)19-26-17(27-30-19)12-5-7-14(8-6-12)29-18-15(21)9-13(10-25-18)20(22,23)24/h5-11,16H,3-4H2,1-2H3. The number of halogens is 4. The quantitative estimate of drug-likeness (QED) is 0.498. The molecule has 0 bridgehead atoms. The smallest absolute Gasteiger partial charge is 0.417 e. The van der Waals surface area contributed by atoms with Gasteiger partial charge in [-0.2, -0.15) is 18.2 Å². The van der Waals surface area contributed by atoms with E-state index in [1.807, 2.05) is 14.1 Å². The third-order valence-corrected chi connectivity index (χ3v) is 5.05. The first-order valence-electron chi connectivity index (χ1n) is 9.23. The Morgan fingerprint density at radius 3 is 2.47 bits per heavy atom. The van der Waals surface area contributed by atoms with E-state index in [4.69, 9.17) is 20.9 Å². The van der Waals surface area contributed by atoms with Gasteiger partial charge in [0.15, 0.2) is 0 Å². The molecule has 158 valence electrons. The van der Waals surface area contributed by atoms with Crippen LogP contribution in [0.3, 0.4) is 0 Å². The highest BCUT2D eigenvalue weighted by atomic mass is 35.5. The van der Waals surface area contributed by atoms with Crippen molar-refractivity contribution in [2.45, 2.75) is 25.1 Å². The van der Waals surface area contributed by atoms with Crippen LogP contribution in [0.15, 0.2) is 41.1 Å². The fourth-order valence-corrected chi connectivity index (χ4v) is 3.37. The predicted molar refractivity (Wildman–Crippen MR) is 103 cm³/mol. The average molecular weight is 439 g/mol. The highest BCUT2D eigenvalue weighted by Gasteiger charge is 2.37. The molecule has 6 nitrogen and oxygen atoms in total. The molecule has 1 aromatic carbocycles. The van der Waals surface area contributed by atoms with Gasteiger partial charge in [0, 0.05) is 11.8 Å². The summed E-state index contributed by atoms with van der Waals surface area (Å²) in [5.41, 5.74) is -0.220. The molecule has 1 unspecified atom stereocenters. The molecule has 1 aliphatic rings. The van der Waals surface area contributed by atoms with Crippen molar-refractivity contribution in [1.29, 1.82) is 0 Å². The lowest BCUT2D eigenvalue weighted by atomic mass is 10.1. The molecule has 1 atom stereocenters. The fraction of sp³-hybridized carbons (Fsp3) is 0.350. The lowest BCUT2D eigenvalue weighted by Gasteiger charge is -2.19. The summed E-state index contributed by atoms with van der Waals surface area (Å²) in [5.74, 6) is 1.82. The molecule has 1 fully saturated rings. The predicted octanol–water partition coefficient (Wildman–Crippen LogP) is 5.61. The summed E-state index contributed by atoms with van der Waals surface area (Å²) < 4.78 is 49.1. The van der Waals surface area contributed by atoms with Crippen molar-refractivity contribution in [1.82, 2.24) is 20.0 Å². The number of pyridine rings is 1. The van der Waals surface area contributed by atoms with E-state index in [2.05, 4.69) is 20.0 Å². The van der Waals surface area contributed by atoms with Crippen LogP contribution in [0.1, 0.15) is 30.3 Å². The first-order valence-corrected chi connectivity index (χ1v) is 9.61. The van der Waals surface area contributed by atoms with Gasteiger partial charge < -0.3 is 9.26 Å². The van der Waals surface area contributed by atoms with Crippen molar-refractivity contribution < 1.29 is 22.4 Å². The third-order valence-electron chi connectivity index (χ3n) is 4.78. The molecule has 0 saturated heterocycles. The van der Waals surface area contributed by atoms with Gasteiger partial charge >= 0.3 is 6.18 Å². The molecule has 3 aromatic rings. The Balaban J connectivity index is 1.49. The van der Waals surface area contributed by atoms with E-state index in [1.165, 1.54) is 0 Å². The molecular formula is C20H18ClF3N4O2. The van der Waals surface area contributed by atoms with E-state index < -0.39 is 11.7 Å². The second kappa shape index (κ2) is 7.88. The molecule has 10 heteroatoms. The molecule has 4 rings (SSSR count). The second-order valence-electron chi connectivity index (χ2n) is 7.34. The fourth-order valence-electron chi connectivity index (χ4n) is 3.17. The van der Waals surface area contributed by atoms with Gasteiger partial charge in [-0.15, -0.1) is 0 Å². The topological polar surface area (TPSA) is 64.3 Å². The van der Waals surface area contributed by atoms with E-state index in [9.17, 15) is 13.2 Å². The average Bonchev–Trinajstić information content (AvgIpc) is 3.39. The van der Waals surface area contributed by atoms with Crippen LogP contribution in [0.2, 0.25) is 5.02 Å². The van der Waals surface area contributed by atoms with E-state index >= 15 is 0 Å². The number of hydrogen-bond acceptors (Lipinski definition) is 6. The summed E-state index contributed by atoms with van der Waals surface area (Å²) in [6.07, 6.45) is -1.55. The summed E-state index contributed by atoms with van der Waals surface area (Å²) in [4.78, 5) is 10.3. The van der Waals surface area contributed by atoms with E-state index in [1.54, 1.807) is 24.3 Å². The normalized spacial score (nSPS) is 15.4. The zero-order chi connectivity index (χ0) is 21.5. The third kappa shape index (κ3) is 4.41. The van der Waals surface area contributed by atoms with Crippen molar-refractivity contribution >= 4 is 11.6 Å². The molecule has 2 aromatic heterocycles. The molecule has 0 radical (unpaired) electrons. The first kappa shape index (κ1) is 20.6. The van der Waals surface area contributed by atoms with Crippen molar-refractivity contribution in [2.24, 2.45) is 5.92 Å². The summed E-state index contributed by atoms with van der Waals surface area (Å²) >= 11 is 5.88. The van der Waals surface area contributed by atoms with E-state index in [0.29, 0.717) is 29.6 Å². The SMILES string of the molecule is CN(C)C(c1nc(-c2ccc(Oc3ncc(C(F)(F)F)cc3Cl)cc2)no1)C1CC1. The van der Waals surface area contributed by atoms with Crippen LogP contribution in [0.5, 0.6) is 11.6 Å². The van der Waals surface area contributed by atoms with Crippen molar-refractivity contribution in [2.75, 3.05) is 14.1 Å². The van der Waals surface area contributed by atoms with Gasteiger partial charge in [-0.05, 0) is 63.2 Å². The van der Waals surface area contributed by atoms with Crippen LogP contribution in [0, 0.1) is 5.92 Å². The minimum Gasteiger partial charge on any atom is -0.438 e. The van der Waals surface area contributed by atoms with Crippen LogP contribution in [0.25, 0.3) is 11.4 Å². The Morgan fingerprint density at radius 2 is 1.90 bits per heavy atom. The molecule has 0 amide bonds. The van der Waals surface area contributed by atoms with Crippen LogP contribution < -0.4 is 4.74 Å². The van der Waals surface area contributed by atoms with Gasteiger partial charge in [-0.3, -0.25) is 4.90 Å². The largest absolute Gasteiger partial charge is 0.438 e. The minimum atomic E-state index is -4.52. The molecular weight excluding hydrogens is 421 g/mol. The van der Waals surface area contributed by atoms with Crippen LogP contribution in [0.4, 0.5) is 13.2 Å². The molecule has 1 aliphatic carbocycles. The van der Waals surface area contributed by atoms with Gasteiger partial charge in [0.2, 0.25) is 17.6 Å². The highest BCUT2D eigenvalue weighted by Crippen LogP contribution is 2.43. The lowest BCUT2D eigenvalue weighted by molar-refractivity contribution is -0.137. The zero-order valence-electron chi connectivity index (χ0n) is 16.2. The Labute approximate surface area is 175 Å². The Hall–Kier alpha value is -2.65. The number of hydrogen-bond donors (Lipinski definition) is 0. The maximum Gasteiger partial charge on any atom is 0.417 e. The molecule has 1 saturated carbocycles. The number of ether oxygens (including phenoxy) is 1. The number of rotatable bonds is 6. The first-order chi connectivity index (χ1) is 14.2. The monoisotopic (exact) mass is 438 g/mol. The second-order valence-corrected chi connectivity index (χ2v) is 7.74. The summed E-state index contributed by atoms with van der Waals surface area (Å²) in [6, 6.07) is 7.59. The maximum absolute atomic E-state index is 12.7. The minimum absolute atomic E-state index is 0.0988. The van der Waals surface area contributed by atoms with Gasteiger partial charge in [0.05, 0.1) is 11.6 Å². The van der Waals surface area contributed by atoms with Gasteiger partial charge in [0.25, 0.3) is 0 Å². The molecule has 30 heavy (non-hydrogen) atoms. The Kier molecular flexibility index (Phi) is 5.42. The highest BCUT2D eigenvalue weighted by molar-refractivity contribution is 6.31. The molecule has 0 aliphatic heterocycles. The van der Waals surface area contributed by atoms with E-state index in [0.717, 1.165) is 24.5 Å². The van der Waals surface area contributed by atoms with Crippen LogP contribution in [-0.4, -0.2) is 34.1 Å².